The fourth-order valence-electron chi connectivity index (χ4n) is 1.42. The number of hydrogen-bond acceptors (Lipinski definition) is 4. The summed E-state index contributed by atoms with van der Waals surface area (Å²) in [6.07, 6.45) is 0. The molecular formula is C13H14N2OS2. The molecule has 1 heterocycles. The molecule has 1 aromatic carbocycles. The average molecular weight is 278 g/mol. The second-order valence-corrected chi connectivity index (χ2v) is 5.85. The van der Waals surface area contributed by atoms with Crippen molar-refractivity contribution in [1.29, 1.82) is 0 Å². The quantitative estimate of drug-likeness (QED) is 0.870. The Labute approximate surface area is 115 Å². The first-order valence-corrected chi connectivity index (χ1v) is 7.41. The van der Waals surface area contributed by atoms with Crippen molar-refractivity contribution in [2.24, 2.45) is 0 Å². The lowest BCUT2D eigenvalue weighted by atomic mass is 10.2. The summed E-state index contributed by atoms with van der Waals surface area (Å²) >= 11 is 2.98. The molecule has 0 saturated carbocycles. The van der Waals surface area contributed by atoms with E-state index in [9.17, 15) is 4.79 Å². The molecule has 0 radical (unpaired) electrons. The molecule has 0 aliphatic rings. The standard InChI is InChI=1S/C13H14N2OS2/c1-9-4-3-5-11(6-9)17-8-12(16)15-13-14-10(2)7-18-13/h3-7H,8H2,1-2H3,(H,14,15,16). The van der Waals surface area contributed by atoms with Gasteiger partial charge in [0.1, 0.15) is 0 Å². The second-order valence-electron chi connectivity index (χ2n) is 3.95. The summed E-state index contributed by atoms with van der Waals surface area (Å²) in [6.45, 7) is 3.95. The maximum absolute atomic E-state index is 11.7. The van der Waals surface area contributed by atoms with Crippen molar-refractivity contribution in [3.63, 3.8) is 0 Å². The predicted octanol–water partition coefficient (Wildman–Crippen LogP) is 3.49. The SMILES string of the molecule is Cc1cccc(SCC(=O)Nc2nc(C)cs2)c1. The van der Waals surface area contributed by atoms with Crippen LogP contribution in [-0.4, -0.2) is 16.6 Å². The second kappa shape index (κ2) is 6.02. The summed E-state index contributed by atoms with van der Waals surface area (Å²) < 4.78 is 0. The van der Waals surface area contributed by atoms with Gasteiger partial charge in [0.15, 0.2) is 5.13 Å². The molecule has 0 spiro atoms. The molecule has 0 fully saturated rings. The Hall–Kier alpha value is -1.33. The maximum Gasteiger partial charge on any atom is 0.236 e. The lowest BCUT2D eigenvalue weighted by Gasteiger charge is -2.03. The number of rotatable bonds is 4. The van der Waals surface area contributed by atoms with E-state index >= 15 is 0 Å². The minimum absolute atomic E-state index is 0.0177. The summed E-state index contributed by atoms with van der Waals surface area (Å²) in [7, 11) is 0. The van der Waals surface area contributed by atoms with Crippen LogP contribution < -0.4 is 5.32 Å². The number of benzene rings is 1. The lowest BCUT2D eigenvalue weighted by molar-refractivity contribution is -0.113. The minimum atomic E-state index is -0.0177. The molecular weight excluding hydrogens is 264 g/mol. The van der Waals surface area contributed by atoms with Crippen LogP contribution in [0.2, 0.25) is 0 Å². The highest BCUT2D eigenvalue weighted by molar-refractivity contribution is 8.00. The van der Waals surface area contributed by atoms with Crippen LogP contribution in [0.1, 0.15) is 11.3 Å². The van der Waals surface area contributed by atoms with E-state index < -0.39 is 0 Å². The van der Waals surface area contributed by atoms with Gasteiger partial charge in [-0.1, -0.05) is 17.7 Å². The fraction of sp³-hybridized carbons (Fsp3) is 0.231. The first-order valence-electron chi connectivity index (χ1n) is 5.55. The van der Waals surface area contributed by atoms with Gasteiger partial charge in [-0.05, 0) is 26.0 Å². The summed E-state index contributed by atoms with van der Waals surface area (Å²) in [4.78, 5) is 17.0. The Morgan fingerprint density at radius 2 is 2.28 bits per heavy atom. The molecule has 18 heavy (non-hydrogen) atoms. The minimum Gasteiger partial charge on any atom is -0.301 e. The van der Waals surface area contributed by atoms with Gasteiger partial charge in [0, 0.05) is 10.3 Å². The number of aromatic nitrogens is 1. The van der Waals surface area contributed by atoms with Crippen LogP contribution in [0.5, 0.6) is 0 Å². The molecule has 94 valence electrons. The lowest BCUT2D eigenvalue weighted by Crippen LogP contribution is -2.13. The Morgan fingerprint density at radius 1 is 1.44 bits per heavy atom. The summed E-state index contributed by atoms with van der Waals surface area (Å²) in [5, 5.41) is 5.38. The van der Waals surface area contributed by atoms with E-state index in [2.05, 4.69) is 16.4 Å². The highest BCUT2D eigenvalue weighted by Crippen LogP contribution is 2.20. The molecule has 0 saturated heterocycles. The monoisotopic (exact) mass is 278 g/mol. The fourth-order valence-corrected chi connectivity index (χ4v) is 2.94. The van der Waals surface area contributed by atoms with Crippen molar-refractivity contribution in [3.05, 3.63) is 40.9 Å². The number of carbonyl (C=O) groups is 1. The third-order valence-corrected chi connectivity index (χ3v) is 4.09. The smallest absolute Gasteiger partial charge is 0.236 e. The van der Waals surface area contributed by atoms with Crippen LogP contribution in [0.4, 0.5) is 5.13 Å². The largest absolute Gasteiger partial charge is 0.301 e. The Kier molecular flexibility index (Phi) is 4.38. The van der Waals surface area contributed by atoms with Crippen LogP contribution in [-0.2, 0) is 4.79 Å². The van der Waals surface area contributed by atoms with Crippen LogP contribution in [0.3, 0.4) is 0 Å². The van der Waals surface area contributed by atoms with Crippen LogP contribution >= 0.6 is 23.1 Å². The summed E-state index contributed by atoms with van der Waals surface area (Å²) in [5.41, 5.74) is 2.14. The molecule has 0 bridgehead atoms. The normalized spacial score (nSPS) is 10.3. The Morgan fingerprint density at radius 3 is 2.94 bits per heavy atom. The molecule has 1 amide bonds. The van der Waals surface area contributed by atoms with Crippen molar-refractivity contribution in [1.82, 2.24) is 4.98 Å². The number of thioether (sulfide) groups is 1. The number of thiazole rings is 1. The highest BCUT2D eigenvalue weighted by Gasteiger charge is 2.06. The third kappa shape index (κ3) is 3.85. The number of amides is 1. The summed E-state index contributed by atoms with van der Waals surface area (Å²) in [6, 6.07) is 8.13. The van der Waals surface area contributed by atoms with Crippen LogP contribution in [0, 0.1) is 13.8 Å². The van der Waals surface area contributed by atoms with E-state index in [-0.39, 0.29) is 5.91 Å². The van der Waals surface area contributed by atoms with Crippen LogP contribution in [0.25, 0.3) is 0 Å². The zero-order valence-electron chi connectivity index (χ0n) is 10.3. The zero-order valence-corrected chi connectivity index (χ0v) is 11.9. The number of carbonyl (C=O) groups excluding carboxylic acids is 1. The van der Waals surface area contributed by atoms with Crippen molar-refractivity contribution in [2.75, 3.05) is 11.1 Å². The number of nitrogens with zero attached hydrogens (tertiary/aromatic N) is 1. The number of hydrogen-bond donors (Lipinski definition) is 1. The van der Waals surface area contributed by atoms with E-state index in [1.54, 1.807) is 0 Å². The van der Waals surface area contributed by atoms with Crippen molar-refractivity contribution in [3.8, 4) is 0 Å². The maximum atomic E-state index is 11.7. The van der Waals surface area contributed by atoms with E-state index in [4.69, 9.17) is 0 Å². The van der Waals surface area contributed by atoms with Gasteiger partial charge in [-0.15, -0.1) is 23.1 Å². The average Bonchev–Trinajstić information content (AvgIpc) is 2.72. The van der Waals surface area contributed by atoms with Gasteiger partial charge in [0.25, 0.3) is 0 Å². The van der Waals surface area contributed by atoms with E-state index in [0.29, 0.717) is 10.9 Å². The van der Waals surface area contributed by atoms with Gasteiger partial charge in [-0.25, -0.2) is 4.98 Å². The molecule has 2 rings (SSSR count). The summed E-state index contributed by atoms with van der Waals surface area (Å²) in [5.74, 6) is 0.387. The number of nitrogens with one attached hydrogen (secondary N) is 1. The van der Waals surface area contributed by atoms with Gasteiger partial charge in [-0.2, -0.15) is 0 Å². The van der Waals surface area contributed by atoms with E-state index in [0.717, 1.165) is 10.6 Å². The molecule has 0 atom stereocenters. The van der Waals surface area contributed by atoms with Crippen molar-refractivity contribution >= 4 is 34.1 Å². The third-order valence-electron chi connectivity index (χ3n) is 2.22. The molecule has 1 aromatic heterocycles. The van der Waals surface area contributed by atoms with Gasteiger partial charge >= 0.3 is 0 Å². The molecule has 3 nitrogen and oxygen atoms in total. The Bertz CT molecular complexity index is 551. The van der Waals surface area contributed by atoms with Gasteiger partial charge in [0.2, 0.25) is 5.91 Å². The van der Waals surface area contributed by atoms with Crippen LogP contribution in [0.15, 0.2) is 34.5 Å². The number of anilines is 1. The molecule has 0 aliphatic carbocycles. The van der Waals surface area contributed by atoms with E-state index in [1.807, 2.05) is 37.4 Å². The first-order chi connectivity index (χ1) is 8.63. The topological polar surface area (TPSA) is 42.0 Å². The highest BCUT2D eigenvalue weighted by atomic mass is 32.2. The van der Waals surface area contributed by atoms with Gasteiger partial charge in [-0.3, -0.25) is 4.79 Å². The molecule has 5 heteroatoms. The number of aryl methyl sites for hydroxylation is 2. The predicted molar refractivity (Wildman–Crippen MR) is 77.4 cm³/mol. The Balaban J connectivity index is 1.85. The molecule has 2 aromatic rings. The molecule has 0 unspecified atom stereocenters. The molecule has 1 N–H and O–H groups in total. The molecule has 0 aliphatic heterocycles. The van der Waals surface area contributed by atoms with Crippen molar-refractivity contribution < 1.29 is 4.79 Å². The van der Waals surface area contributed by atoms with Gasteiger partial charge in [0.05, 0.1) is 11.4 Å². The zero-order chi connectivity index (χ0) is 13.0. The van der Waals surface area contributed by atoms with E-state index in [1.165, 1.54) is 28.7 Å². The van der Waals surface area contributed by atoms with Crippen molar-refractivity contribution in [2.45, 2.75) is 18.7 Å². The first kappa shape index (κ1) is 13.1. The van der Waals surface area contributed by atoms with Gasteiger partial charge < -0.3 is 5.32 Å².